The molecule has 2 aromatic carbocycles. The first kappa shape index (κ1) is 25.2. The van der Waals surface area contributed by atoms with Gasteiger partial charge in [0.2, 0.25) is 0 Å². The maximum atomic E-state index is 12.8. The Bertz CT molecular complexity index is 1460. The van der Waals surface area contributed by atoms with E-state index < -0.39 is 17.3 Å². The SMILES string of the molecule is COc1ccc(C(=O)Nc2ccc(C(C)(CNC(=O)c3cnc4ccccn34)C(=O)O)cc2)cc1OC. The average molecular weight is 503 g/mol. The Hall–Kier alpha value is -4.86. The zero-order chi connectivity index (χ0) is 26.6. The van der Waals surface area contributed by atoms with Crippen LogP contribution in [0.3, 0.4) is 0 Å². The van der Waals surface area contributed by atoms with Gasteiger partial charge in [0.15, 0.2) is 11.5 Å². The molecule has 0 aliphatic carbocycles. The van der Waals surface area contributed by atoms with Crippen LogP contribution in [-0.2, 0) is 10.2 Å². The normalized spacial score (nSPS) is 12.4. The number of carbonyl (C=O) groups excluding carboxylic acids is 2. The number of carbonyl (C=O) groups is 3. The minimum Gasteiger partial charge on any atom is -0.493 e. The molecule has 10 nitrogen and oxygen atoms in total. The van der Waals surface area contributed by atoms with Gasteiger partial charge in [-0.3, -0.25) is 18.8 Å². The lowest BCUT2D eigenvalue weighted by Crippen LogP contribution is -2.44. The lowest BCUT2D eigenvalue weighted by molar-refractivity contribution is -0.142. The highest BCUT2D eigenvalue weighted by Gasteiger charge is 2.36. The number of fused-ring (bicyclic) bond motifs is 1. The minimum absolute atomic E-state index is 0.154. The number of pyridine rings is 1. The van der Waals surface area contributed by atoms with Gasteiger partial charge in [0.1, 0.15) is 16.8 Å². The molecule has 10 heteroatoms. The van der Waals surface area contributed by atoms with Crippen molar-refractivity contribution in [2.75, 3.05) is 26.1 Å². The summed E-state index contributed by atoms with van der Waals surface area (Å²) in [6, 6.07) is 16.6. The van der Waals surface area contributed by atoms with Crippen molar-refractivity contribution in [3.05, 3.63) is 89.9 Å². The summed E-state index contributed by atoms with van der Waals surface area (Å²) in [5, 5.41) is 15.5. The van der Waals surface area contributed by atoms with Crippen molar-refractivity contribution >= 4 is 29.1 Å². The number of aromatic nitrogens is 2. The van der Waals surface area contributed by atoms with Crippen LogP contribution in [0.5, 0.6) is 11.5 Å². The lowest BCUT2D eigenvalue weighted by atomic mass is 9.82. The number of imidazole rings is 1. The smallest absolute Gasteiger partial charge is 0.315 e. The molecule has 0 aliphatic rings. The summed E-state index contributed by atoms with van der Waals surface area (Å²) in [6.07, 6.45) is 3.15. The quantitative estimate of drug-likeness (QED) is 0.320. The van der Waals surface area contributed by atoms with Crippen LogP contribution in [0.4, 0.5) is 5.69 Å². The lowest BCUT2D eigenvalue weighted by Gasteiger charge is -2.26. The van der Waals surface area contributed by atoms with Crippen molar-refractivity contribution in [2.24, 2.45) is 0 Å². The molecule has 2 aromatic heterocycles. The number of hydrogen-bond acceptors (Lipinski definition) is 6. The summed E-state index contributed by atoms with van der Waals surface area (Å²) in [6.45, 7) is 1.37. The number of anilines is 1. The average Bonchev–Trinajstić information content (AvgIpc) is 3.35. The van der Waals surface area contributed by atoms with Gasteiger partial charge in [-0.1, -0.05) is 18.2 Å². The summed E-state index contributed by atoms with van der Waals surface area (Å²) in [4.78, 5) is 41.9. The van der Waals surface area contributed by atoms with E-state index in [0.717, 1.165) is 0 Å². The highest BCUT2D eigenvalue weighted by Crippen LogP contribution is 2.29. The van der Waals surface area contributed by atoms with Gasteiger partial charge in [-0.2, -0.15) is 0 Å². The molecule has 1 unspecified atom stereocenters. The third kappa shape index (κ3) is 5.08. The third-order valence-electron chi connectivity index (χ3n) is 6.15. The number of carboxylic acid groups (broad SMARTS) is 1. The van der Waals surface area contributed by atoms with E-state index in [-0.39, 0.29) is 12.5 Å². The van der Waals surface area contributed by atoms with E-state index in [1.54, 1.807) is 65.2 Å². The number of amides is 2. The Morgan fingerprint density at radius 2 is 1.70 bits per heavy atom. The zero-order valence-corrected chi connectivity index (χ0v) is 20.5. The molecule has 2 amide bonds. The van der Waals surface area contributed by atoms with Crippen LogP contribution < -0.4 is 20.1 Å². The highest BCUT2D eigenvalue weighted by molar-refractivity contribution is 6.04. The second-order valence-electron chi connectivity index (χ2n) is 8.49. The molecular weight excluding hydrogens is 476 g/mol. The molecule has 0 aliphatic heterocycles. The third-order valence-corrected chi connectivity index (χ3v) is 6.15. The number of nitrogens with one attached hydrogen (secondary N) is 2. The molecule has 0 bridgehead atoms. The van der Waals surface area contributed by atoms with E-state index in [0.29, 0.717) is 39.7 Å². The Morgan fingerprint density at radius 1 is 0.973 bits per heavy atom. The summed E-state index contributed by atoms with van der Waals surface area (Å²) in [5.74, 6) is -0.980. The molecule has 0 spiro atoms. The van der Waals surface area contributed by atoms with Crippen LogP contribution >= 0.6 is 0 Å². The molecule has 1 atom stereocenters. The molecule has 4 aromatic rings. The van der Waals surface area contributed by atoms with E-state index in [2.05, 4.69) is 15.6 Å². The molecule has 0 fully saturated rings. The molecule has 4 rings (SSSR count). The first-order valence-corrected chi connectivity index (χ1v) is 11.3. The molecule has 190 valence electrons. The van der Waals surface area contributed by atoms with Crippen LogP contribution in [0.25, 0.3) is 5.65 Å². The molecular formula is C27H26N4O6. The van der Waals surface area contributed by atoms with Crippen molar-refractivity contribution in [3.8, 4) is 11.5 Å². The van der Waals surface area contributed by atoms with Crippen molar-refractivity contribution in [1.82, 2.24) is 14.7 Å². The fourth-order valence-corrected chi connectivity index (χ4v) is 3.85. The van der Waals surface area contributed by atoms with E-state index in [4.69, 9.17) is 9.47 Å². The van der Waals surface area contributed by atoms with Crippen molar-refractivity contribution < 1.29 is 29.0 Å². The predicted molar refractivity (Wildman–Crippen MR) is 136 cm³/mol. The van der Waals surface area contributed by atoms with Gasteiger partial charge < -0.3 is 25.2 Å². The topological polar surface area (TPSA) is 131 Å². The van der Waals surface area contributed by atoms with Crippen LogP contribution in [0.2, 0.25) is 0 Å². The summed E-state index contributed by atoms with van der Waals surface area (Å²) in [5.41, 5.74) is 0.805. The summed E-state index contributed by atoms with van der Waals surface area (Å²) >= 11 is 0. The number of nitrogens with zero attached hydrogens (tertiary/aromatic N) is 2. The van der Waals surface area contributed by atoms with Gasteiger partial charge in [-0.15, -0.1) is 0 Å². The van der Waals surface area contributed by atoms with E-state index in [1.807, 2.05) is 6.07 Å². The number of methoxy groups -OCH3 is 2. The van der Waals surface area contributed by atoms with Crippen LogP contribution in [0.1, 0.15) is 33.3 Å². The maximum absolute atomic E-state index is 12.8. The number of benzene rings is 2. The number of carboxylic acids is 1. The standard InChI is InChI=1S/C27H26N4O6/c1-27(26(34)35,16-29-25(33)20-15-28-23-6-4-5-13-31(20)23)18-8-10-19(11-9-18)30-24(32)17-7-12-21(36-2)22(14-17)37-3/h4-15H,16H2,1-3H3,(H,29,33)(H,30,32)(H,34,35). The van der Waals surface area contributed by atoms with Crippen molar-refractivity contribution in [2.45, 2.75) is 12.3 Å². The highest BCUT2D eigenvalue weighted by atomic mass is 16.5. The van der Waals surface area contributed by atoms with Gasteiger partial charge in [0.25, 0.3) is 11.8 Å². The monoisotopic (exact) mass is 502 g/mol. The van der Waals surface area contributed by atoms with Gasteiger partial charge in [0.05, 0.1) is 20.4 Å². The molecule has 37 heavy (non-hydrogen) atoms. The number of hydrogen-bond donors (Lipinski definition) is 3. The molecule has 0 saturated carbocycles. The van der Waals surface area contributed by atoms with E-state index >= 15 is 0 Å². The largest absolute Gasteiger partial charge is 0.493 e. The maximum Gasteiger partial charge on any atom is 0.315 e. The Labute approximate surface area is 212 Å². The van der Waals surface area contributed by atoms with E-state index in [1.165, 1.54) is 27.3 Å². The van der Waals surface area contributed by atoms with Crippen LogP contribution in [-0.4, -0.2) is 53.0 Å². The van der Waals surface area contributed by atoms with Gasteiger partial charge in [-0.05, 0) is 55.0 Å². The van der Waals surface area contributed by atoms with Crippen molar-refractivity contribution in [3.63, 3.8) is 0 Å². The second kappa shape index (κ2) is 10.4. The summed E-state index contributed by atoms with van der Waals surface area (Å²) in [7, 11) is 2.99. The van der Waals surface area contributed by atoms with E-state index in [9.17, 15) is 19.5 Å². The van der Waals surface area contributed by atoms with Crippen LogP contribution in [0, 0.1) is 0 Å². The fourth-order valence-electron chi connectivity index (χ4n) is 3.85. The van der Waals surface area contributed by atoms with Gasteiger partial charge >= 0.3 is 5.97 Å². The molecule has 0 radical (unpaired) electrons. The summed E-state index contributed by atoms with van der Waals surface area (Å²) < 4.78 is 12.1. The van der Waals surface area contributed by atoms with Gasteiger partial charge in [-0.25, -0.2) is 4.98 Å². The van der Waals surface area contributed by atoms with Crippen molar-refractivity contribution in [1.29, 1.82) is 0 Å². The first-order chi connectivity index (χ1) is 17.8. The number of ether oxygens (including phenoxy) is 2. The zero-order valence-electron chi connectivity index (χ0n) is 20.5. The van der Waals surface area contributed by atoms with Crippen LogP contribution in [0.15, 0.2) is 73.1 Å². The fraction of sp³-hybridized carbons (Fsp3) is 0.185. The molecule has 2 heterocycles. The number of rotatable bonds is 9. The predicted octanol–water partition coefficient (Wildman–Crippen LogP) is 3.38. The second-order valence-corrected chi connectivity index (χ2v) is 8.49. The Morgan fingerprint density at radius 3 is 2.38 bits per heavy atom. The number of aliphatic carboxylic acids is 1. The Balaban J connectivity index is 1.47. The minimum atomic E-state index is -1.41. The Kier molecular flexibility index (Phi) is 7.10. The van der Waals surface area contributed by atoms with Gasteiger partial charge in [0, 0.05) is 24.0 Å². The molecule has 3 N–H and O–H groups in total. The first-order valence-electron chi connectivity index (χ1n) is 11.3. The molecule has 0 saturated heterocycles.